The second kappa shape index (κ2) is 9.88. The quantitative estimate of drug-likeness (QED) is 0.193. The van der Waals surface area contributed by atoms with E-state index in [1.54, 1.807) is 36.4 Å². The highest BCUT2D eigenvalue weighted by molar-refractivity contribution is 5.97. The number of benzene rings is 4. The van der Waals surface area contributed by atoms with Gasteiger partial charge in [0.15, 0.2) is 11.4 Å². The number of aromatic carboxylic acids is 1. The van der Waals surface area contributed by atoms with Crippen LogP contribution in [0, 0.1) is 13.8 Å². The lowest BCUT2D eigenvalue weighted by atomic mass is 10.0. The second-order valence-electron chi connectivity index (χ2n) is 9.34. The molecule has 202 valence electrons. The maximum atomic E-state index is 13.6. The number of para-hydroxylation sites is 1. The number of hydrogen-bond acceptors (Lipinski definition) is 5. The Morgan fingerprint density at radius 3 is 2.23 bits per heavy atom. The molecule has 0 aliphatic carbocycles. The Balaban J connectivity index is 1.66. The Kier molecular flexibility index (Phi) is 6.54. The van der Waals surface area contributed by atoms with Crippen molar-refractivity contribution in [3.63, 3.8) is 0 Å². The third-order valence-corrected chi connectivity index (χ3v) is 6.40. The summed E-state index contributed by atoms with van der Waals surface area (Å²) in [5.74, 6) is -1.83. The zero-order valence-electron chi connectivity index (χ0n) is 21.2. The number of carbonyl (C=O) groups is 1. The van der Waals surface area contributed by atoms with Crippen molar-refractivity contribution in [2.24, 2.45) is 10.2 Å². The standard InChI is InChI=1S/C30H22F3N3O4/c1-16-11-17(2)13-21(12-16)36-25-15-20(30(31,32)33)9-10-23(25)26(28(36)38)35-34-24-8-4-7-22(27(24)37)18-5-3-6-19(14-18)29(39)40/h3-15,37-38H,1-2H3,(H,39,40). The molecular formula is C30H22F3N3O4. The van der Waals surface area contributed by atoms with Crippen molar-refractivity contribution in [3.05, 3.63) is 101 Å². The molecular weight excluding hydrogens is 523 g/mol. The molecule has 0 saturated carbocycles. The first-order chi connectivity index (χ1) is 18.9. The zero-order valence-corrected chi connectivity index (χ0v) is 21.2. The zero-order chi connectivity index (χ0) is 28.8. The maximum absolute atomic E-state index is 13.6. The highest BCUT2D eigenvalue weighted by Gasteiger charge is 2.32. The van der Waals surface area contributed by atoms with Gasteiger partial charge in [0.1, 0.15) is 5.69 Å². The molecule has 0 aliphatic heterocycles. The molecule has 1 heterocycles. The van der Waals surface area contributed by atoms with Crippen molar-refractivity contribution in [2.75, 3.05) is 0 Å². The van der Waals surface area contributed by atoms with Crippen molar-refractivity contribution >= 4 is 28.2 Å². The largest absolute Gasteiger partial charge is 0.505 e. The number of fused-ring (bicyclic) bond motifs is 1. The molecule has 5 aromatic rings. The van der Waals surface area contributed by atoms with Gasteiger partial charge in [-0.15, -0.1) is 10.2 Å². The van der Waals surface area contributed by atoms with E-state index in [0.29, 0.717) is 16.8 Å². The minimum Gasteiger partial charge on any atom is -0.505 e. The number of carboxylic acid groups (broad SMARTS) is 1. The van der Waals surface area contributed by atoms with Gasteiger partial charge in [0.25, 0.3) is 0 Å². The number of halogens is 3. The van der Waals surface area contributed by atoms with E-state index in [1.165, 1.54) is 28.8 Å². The minimum absolute atomic E-state index is 0.0110. The molecule has 3 N–H and O–H groups in total. The summed E-state index contributed by atoms with van der Waals surface area (Å²) in [6.07, 6.45) is -4.60. The van der Waals surface area contributed by atoms with Crippen molar-refractivity contribution < 1.29 is 33.3 Å². The van der Waals surface area contributed by atoms with Gasteiger partial charge in [-0.2, -0.15) is 13.2 Å². The number of hydrogen-bond donors (Lipinski definition) is 3. The van der Waals surface area contributed by atoms with Gasteiger partial charge in [-0.05, 0) is 79.1 Å². The van der Waals surface area contributed by atoms with Crippen LogP contribution in [0.3, 0.4) is 0 Å². The first kappa shape index (κ1) is 26.5. The van der Waals surface area contributed by atoms with Crippen molar-refractivity contribution in [1.29, 1.82) is 0 Å². The van der Waals surface area contributed by atoms with Crippen LogP contribution < -0.4 is 0 Å². The lowest BCUT2D eigenvalue weighted by Crippen LogP contribution is -2.05. The van der Waals surface area contributed by atoms with Gasteiger partial charge >= 0.3 is 12.1 Å². The van der Waals surface area contributed by atoms with E-state index in [0.717, 1.165) is 23.3 Å². The molecule has 1 aromatic heterocycles. The van der Waals surface area contributed by atoms with Gasteiger partial charge in [0.2, 0.25) is 5.88 Å². The topological polar surface area (TPSA) is 107 Å². The Hall–Kier alpha value is -5.12. The third kappa shape index (κ3) is 4.86. The van der Waals surface area contributed by atoms with E-state index in [-0.39, 0.29) is 33.6 Å². The fourth-order valence-corrected chi connectivity index (χ4v) is 4.64. The van der Waals surface area contributed by atoms with Crippen LogP contribution in [0.15, 0.2) is 89.1 Å². The number of azo groups is 1. The first-order valence-electron chi connectivity index (χ1n) is 12.0. The van der Waals surface area contributed by atoms with E-state index in [9.17, 15) is 33.3 Å². The van der Waals surface area contributed by atoms with Crippen molar-refractivity contribution in [1.82, 2.24) is 4.57 Å². The number of aromatic hydroxyl groups is 2. The monoisotopic (exact) mass is 545 g/mol. The Morgan fingerprint density at radius 2 is 1.55 bits per heavy atom. The Morgan fingerprint density at radius 1 is 0.850 bits per heavy atom. The number of nitrogens with zero attached hydrogens (tertiary/aromatic N) is 3. The molecule has 0 bridgehead atoms. The number of aryl methyl sites for hydroxylation is 2. The molecule has 0 unspecified atom stereocenters. The number of phenolic OH excluding ortho intramolecular Hbond substituents is 1. The lowest BCUT2D eigenvalue weighted by molar-refractivity contribution is -0.137. The summed E-state index contributed by atoms with van der Waals surface area (Å²) in [5.41, 5.74) is 2.03. The Labute approximate surface area is 226 Å². The van der Waals surface area contributed by atoms with E-state index >= 15 is 0 Å². The predicted molar refractivity (Wildman–Crippen MR) is 144 cm³/mol. The molecule has 10 heteroatoms. The van der Waals surface area contributed by atoms with Crippen LogP contribution in [0.4, 0.5) is 24.5 Å². The summed E-state index contributed by atoms with van der Waals surface area (Å²) in [6, 6.07) is 19.1. The van der Waals surface area contributed by atoms with Gasteiger partial charge in [0, 0.05) is 16.6 Å². The van der Waals surface area contributed by atoms with Gasteiger partial charge in [-0.1, -0.05) is 30.3 Å². The molecule has 5 rings (SSSR count). The highest BCUT2D eigenvalue weighted by atomic mass is 19.4. The van der Waals surface area contributed by atoms with Crippen LogP contribution in [-0.4, -0.2) is 25.9 Å². The van der Waals surface area contributed by atoms with Crippen LogP contribution in [0.1, 0.15) is 27.0 Å². The summed E-state index contributed by atoms with van der Waals surface area (Å²) in [5, 5.41) is 39.9. The van der Waals surface area contributed by atoms with E-state index < -0.39 is 23.6 Å². The normalized spacial score (nSPS) is 11.9. The minimum atomic E-state index is -4.60. The van der Waals surface area contributed by atoms with Crippen LogP contribution in [0.5, 0.6) is 11.6 Å². The third-order valence-electron chi connectivity index (χ3n) is 6.40. The second-order valence-corrected chi connectivity index (χ2v) is 9.34. The number of phenols is 1. The molecule has 7 nitrogen and oxygen atoms in total. The number of carboxylic acids is 1. The summed E-state index contributed by atoms with van der Waals surface area (Å²) in [6.45, 7) is 3.67. The van der Waals surface area contributed by atoms with Crippen molar-refractivity contribution in [3.8, 4) is 28.4 Å². The van der Waals surface area contributed by atoms with Crippen LogP contribution in [-0.2, 0) is 6.18 Å². The van der Waals surface area contributed by atoms with E-state index in [4.69, 9.17) is 0 Å². The lowest BCUT2D eigenvalue weighted by Gasteiger charge is -2.11. The molecule has 0 fully saturated rings. The molecule has 0 radical (unpaired) electrons. The molecule has 0 aliphatic rings. The molecule has 40 heavy (non-hydrogen) atoms. The fourth-order valence-electron chi connectivity index (χ4n) is 4.64. The van der Waals surface area contributed by atoms with E-state index in [1.807, 2.05) is 19.9 Å². The number of alkyl halides is 3. The Bertz CT molecular complexity index is 1800. The summed E-state index contributed by atoms with van der Waals surface area (Å²) in [7, 11) is 0. The van der Waals surface area contributed by atoms with Crippen LogP contribution >= 0.6 is 0 Å². The van der Waals surface area contributed by atoms with Gasteiger partial charge < -0.3 is 15.3 Å². The molecule has 0 saturated heterocycles. The summed E-state index contributed by atoms with van der Waals surface area (Å²) in [4.78, 5) is 11.4. The van der Waals surface area contributed by atoms with Crippen LogP contribution in [0.2, 0.25) is 0 Å². The van der Waals surface area contributed by atoms with Crippen LogP contribution in [0.25, 0.3) is 27.7 Å². The molecule has 0 atom stereocenters. The molecule has 4 aromatic carbocycles. The summed E-state index contributed by atoms with van der Waals surface area (Å²) >= 11 is 0. The van der Waals surface area contributed by atoms with Crippen molar-refractivity contribution in [2.45, 2.75) is 20.0 Å². The van der Waals surface area contributed by atoms with Gasteiger partial charge in [0.05, 0.1) is 16.6 Å². The average molecular weight is 546 g/mol. The van der Waals surface area contributed by atoms with Gasteiger partial charge in [-0.25, -0.2) is 4.79 Å². The SMILES string of the molecule is Cc1cc(C)cc(-n2c(O)c(N=Nc3cccc(-c4cccc(C(=O)O)c4)c3O)c3ccc(C(F)(F)F)cc32)c1. The van der Waals surface area contributed by atoms with E-state index in [2.05, 4.69) is 10.2 Å². The predicted octanol–water partition coefficient (Wildman–Crippen LogP) is 8.46. The summed E-state index contributed by atoms with van der Waals surface area (Å²) < 4.78 is 42.0. The molecule has 0 spiro atoms. The fraction of sp³-hybridized carbons (Fsp3) is 0.100. The maximum Gasteiger partial charge on any atom is 0.416 e. The average Bonchev–Trinajstić information content (AvgIpc) is 3.17. The smallest absolute Gasteiger partial charge is 0.416 e. The number of rotatable bonds is 5. The highest BCUT2D eigenvalue weighted by Crippen LogP contribution is 2.45. The number of aromatic nitrogens is 1. The van der Waals surface area contributed by atoms with Gasteiger partial charge in [-0.3, -0.25) is 4.57 Å². The molecule has 0 amide bonds. The first-order valence-corrected chi connectivity index (χ1v) is 12.0.